The molecule has 0 radical (unpaired) electrons. The number of carbonyl (C=O) groups is 2. The fraction of sp³-hybridized carbons (Fsp3) is 0.765. The van der Waals surface area contributed by atoms with Gasteiger partial charge in [-0.15, -0.1) is 0 Å². The largest absolute Gasteiger partial charge is 0.462 e. The topological polar surface area (TPSA) is 72.8 Å². The number of aliphatic hydroxyl groups is 1. The van der Waals surface area contributed by atoms with Crippen LogP contribution in [0.3, 0.4) is 0 Å². The first kappa shape index (κ1) is 18.7. The van der Waals surface area contributed by atoms with Gasteiger partial charge in [-0.2, -0.15) is 0 Å². The summed E-state index contributed by atoms with van der Waals surface area (Å²) in [6.45, 7) is 14.7. The molecule has 2 atom stereocenters. The van der Waals surface area contributed by atoms with Crippen molar-refractivity contribution in [3.63, 3.8) is 0 Å². The lowest BCUT2D eigenvalue weighted by Gasteiger charge is -2.32. The van der Waals surface area contributed by atoms with Crippen LogP contribution in [0.15, 0.2) is 12.2 Å². The highest BCUT2D eigenvalue weighted by atomic mass is 16.6. The van der Waals surface area contributed by atoms with Gasteiger partial charge in [0.2, 0.25) is 0 Å². The summed E-state index contributed by atoms with van der Waals surface area (Å²) >= 11 is 0. The number of hydrogen-bond acceptors (Lipinski definition) is 5. The summed E-state index contributed by atoms with van der Waals surface area (Å²) in [6.07, 6.45) is -0.269. The Morgan fingerprint density at radius 1 is 1.23 bits per heavy atom. The summed E-state index contributed by atoms with van der Waals surface area (Å²) in [5.41, 5.74) is -0.603. The maximum atomic E-state index is 12.5. The normalized spacial score (nSPS) is 24.3. The van der Waals surface area contributed by atoms with E-state index in [9.17, 15) is 14.7 Å². The van der Waals surface area contributed by atoms with Crippen molar-refractivity contribution in [2.75, 3.05) is 13.2 Å². The predicted molar refractivity (Wildman–Crippen MR) is 83.0 cm³/mol. The summed E-state index contributed by atoms with van der Waals surface area (Å²) in [7, 11) is 0. The van der Waals surface area contributed by atoms with Crippen LogP contribution in [0, 0.1) is 16.2 Å². The minimum absolute atomic E-state index is 0.111. The van der Waals surface area contributed by atoms with E-state index in [-0.39, 0.29) is 35.6 Å². The van der Waals surface area contributed by atoms with Crippen LogP contribution in [-0.4, -0.2) is 36.4 Å². The average Bonchev–Trinajstić information content (AvgIpc) is 2.97. The van der Waals surface area contributed by atoms with Crippen LogP contribution in [0.4, 0.5) is 0 Å². The van der Waals surface area contributed by atoms with E-state index in [1.807, 2.05) is 34.6 Å². The van der Waals surface area contributed by atoms with Crippen molar-refractivity contribution in [1.29, 1.82) is 0 Å². The maximum Gasteiger partial charge on any atom is 0.333 e. The van der Waals surface area contributed by atoms with E-state index in [4.69, 9.17) is 9.47 Å². The minimum Gasteiger partial charge on any atom is -0.462 e. The standard InChI is InChI=1S/C17H28O5/c1-11(2)13(19)21-8-12(18)9-22-14(20)17(15(3,4)5)10-16(17,6)7/h12,18H,1,8-10H2,2-7H3. The Morgan fingerprint density at radius 2 is 1.68 bits per heavy atom. The second-order valence-electron chi connectivity index (χ2n) is 7.85. The summed E-state index contributed by atoms with van der Waals surface area (Å²) in [5, 5.41) is 9.76. The highest BCUT2D eigenvalue weighted by Gasteiger charge is 2.72. The first-order chi connectivity index (χ1) is 9.85. The molecule has 0 aromatic carbocycles. The molecular weight excluding hydrogens is 284 g/mol. The molecule has 5 nitrogen and oxygen atoms in total. The second kappa shape index (κ2) is 6.03. The molecule has 0 amide bonds. The van der Waals surface area contributed by atoms with Crippen LogP contribution in [0.1, 0.15) is 48.0 Å². The summed E-state index contributed by atoms with van der Waals surface area (Å²) in [6, 6.07) is 0. The van der Waals surface area contributed by atoms with Gasteiger partial charge >= 0.3 is 11.9 Å². The van der Waals surface area contributed by atoms with Gasteiger partial charge in [0, 0.05) is 5.57 Å². The molecule has 1 aliphatic rings. The Kier molecular flexibility index (Phi) is 5.12. The molecule has 1 aliphatic carbocycles. The van der Waals surface area contributed by atoms with Gasteiger partial charge in [-0.3, -0.25) is 4.79 Å². The Bertz CT molecular complexity index is 472. The average molecular weight is 312 g/mol. The van der Waals surface area contributed by atoms with Crippen molar-refractivity contribution < 1.29 is 24.2 Å². The van der Waals surface area contributed by atoms with Crippen molar-refractivity contribution >= 4 is 11.9 Å². The number of esters is 2. The highest BCUT2D eigenvalue weighted by Crippen LogP contribution is 2.72. The molecule has 0 aromatic heterocycles. The first-order valence-corrected chi connectivity index (χ1v) is 7.53. The molecule has 2 unspecified atom stereocenters. The molecule has 0 spiro atoms. The monoisotopic (exact) mass is 312 g/mol. The molecule has 5 heteroatoms. The van der Waals surface area contributed by atoms with Crippen molar-refractivity contribution in [2.24, 2.45) is 16.2 Å². The van der Waals surface area contributed by atoms with Gasteiger partial charge < -0.3 is 14.6 Å². The summed E-state index contributed by atoms with van der Waals surface area (Å²) < 4.78 is 10.1. The fourth-order valence-corrected chi connectivity index (χ4v) is 3.19. The number of hydrogen-bond donors (Lipinski definition) is 1. The second-order valence-corrected chi connectivity index (χ2v) is 7.85. The van der Waals surface area contributed by atoms with Gasteiger partial charge in [-0.1, -0.05) is 41.2 Å². The molecule has 22 heavy (non-hydrogen) atoms. The minimum atomic E-state index is -1.04. The molecule has 0 saturated heterocycles. The third-order valence-corrected chi connectivity index (χ3v) is 4.53. The molecule has 126 valence electrons. The molecule has 1 saturated carbocycles. The smallest absolute Gasteiger partial charge is 0.333 e. The van der Waals surface area contributed by atoms with Crippen molar-refractivity contribution in [3.05, 3.63) is 12.2 Å². The quantitative estimate of drug-likeness (QED) is 0.602. The van der Waals surface area contributed by atoms with Crippen LogP contribution >= 0.6 is 0 Å². The zero-order valence-electron chi connectivity index (χ0n) is 14.5. The highest BCUT2D eigenvalue weighted by molar-refractivity contribution is 5.87. The SMILES string of the molecule is C=C(C)C(=O)OCC(O)COC(=O)C1(C(C)(C)C)CC1(C)C. The van der Waals surface area contributed by atoms with E-state index in [1.54, 1.807) is 0 Å². The van der Waals surface area contributed by atoms with Crippen molar-refractivity contribution in [1.82, 2.24) is 0 Å². The van der Waals surface area contributed by atoms with Gasteiger partial charge in [-0.25, -0.2) is 4.79 Å². The first-order valence-electron chi connectivity index (χ1n) is 7.53. The molecule has 1 fully saturated rings. The van der Waals surface area contributed by atoms with Crippen LogP contribution in [0.5, 0.6) is 0 Å². The molecule has 0 aliphatic heterocycles. The zero-order valence-corrected chi connectivity index (χ0v) is 14.5. The van der Waals surface area contributed by atoms with Crippen molar-refractivity contribution in [2.45, 2.75) is 54.1 Å². The van der Waals surface area contributed by atoms with E-state index in [2.05, 4.69) is 6.58 Å². The van der Waals surface area contributed by atoms with Gasteiger partial charge in [-0.05, 0) is 24.2 Å². The zero-order chi connectivity index (χ0) is 17.3. The molecule has 1 N–H and O–H groups in total. The lowest BCUT2D eigenvalue weighted by atomic mass is 9.73. The summed E-state index contributed by atoms with van der Waals surface area (Å²) in [4.78, 5) is 23.7. The summed E-state index contributed by atoms with van der Waals surface area (Å²) in [5.74, 6) is -0.866. The number of aliphatic hydroxyl groups excluding tert-OH is 1. The fourth-order valence-electron chi connectivity index (χ4n) is 3.19. The molecule has 0 aromatic rings. The van der Waals surface area contributed by atoms with Gasteiger partial charge in [0.1, 0.15) is 19.3 Å². The maximum absolute atomic E-state index is 12.5. The van der Waals surface area contributed by atoms with Crippen molar-refractivity contribution in [3.8, 4) is 0 Å². The van der Waals surface area contributed by atoms with Crippen LogP contribution < -0.4 is 0 Å². The van der Waals surface area contributed by atoms with Crippen LogP contribution in [0.25, 0.3) is 0 Å². The number of carbonyl (C=O) groups excluding carboxylic acids is 2. The van der Waals surface area contributed by atoms with Gasteiger partial charge in [0.05, 0.1) is 5.41 Å². The van der Waals surface area contributed by atoms with Crippen LogP contribution in [-0.2, 0) is 19.1 Å². The van der Waals surface area contributed by atoms with Gasteiger partial charge in [0.15, 0.2) is 0 Å². The van der Waals surface area contributed by atoms with Gasteiger partial charge in [0.25, 0.3) is 0 Å². The van der Waals surface area contributed by atoms with E-state index in [1.165, 1.54) is 6.92 Å². The molecule has 1 rings (SSSR count). The molecular formula is C17H28O5. The lowest BCUT2D eigenvalue weighted by Crippen LogP contribution is -2.38. The number of rotatable bonds is 6. The Morgan fingerprint density at radius 3 is 2.05 bits per heavy atom. The lowest BCUT2D eigenvalue weighted by molar-refractivity contribution is -0.161. The Labute approximate surface area is 132 Å². The predicted octanol–water partition coefficient (Wildman–Crippen LogP) is 2.47. The third kappa shape index (κ3) is 3.51. The van der Waals surface area contributed by atoms with E-state index >= 15 is 0 Å². The van der Waals surface area contributed by atoms with E-state index in [0.717, 1.165) is 6.42 Å². The number of ether oxygens (including phenoxy) is 2. The Hall–Kier alpha value is -1.36. The van der Waals surface area contributed by atoms with Crippen LogP contribution in [0.2, 0.25) is 0 Å². The third-order valence-electron chi connectivity index (χ3n) is 4.53. The Balaban J connectivity index is 2.53. The van der Waals surface area contributed by atoms with E-state index < -0.39 is 17.5 Å². The molecule has 0 bridgehead atoms. The van der Waals surface area contributed by atoms with E-state index in [0.29, 0.717) is 0 Å². The molecule has 0 heterocycles.